The molecular weight excluding hydrogens is 300 g/mol. The minimum atomic E-state index is -3.55. The molecule has 1 unspecified atom stereocenters. The Bertz CT molecular complexity index is 568. The van der Waals surface area contributed by atoms with Crippen LogP contribution in [0, 0.1) is 0 Å². The van der Waals surface area contributed by atoms with Crippen LogP contribution in [0.2, 0.25) is 0 Å². The predicted octanol–water partition coefficient (Wildman–Crippen LogP) is 2.54. The van der Waals surface area contributed by atoms with E-state index in [2.05, 4.69) is 5.32 Å². The van der Waals surface area contributed by atoms with Gasteiger partial charge in [0.15, 0.2) is 0 Å². The summed E-state index contributed by atoms with van der Waals surface area (Å²) >= 11 is 0. The van der Waals surface area contributed by atoms with Crippen molar-refractivity contribution in [3.8, 4) is 0 Å². The van der Waals surface area contributed by atoms with Gasteiger partial charge in [0.2, 0.25) is 15.9 Å². The maximum atomic E-state index is 12.5. The first-order valence-corrected chi connectivity index (χ1v) is 9.54. The van der Waals surface area contributed by atoms with Crippen LogP contribution in [0.25, 0.3) is 0 Å². The average molecular weight is 326 g/mol. The maximum absolute atomic E-state index is 12.5. The molecule has 0 fully saturated rings. The molecule has 0 aliphatic rings. The number of benzene rings is 1. The molecule has 0 saturated heterocycles. The highest BCUT2D eigenvalue weighted by Gasteiger charge is 2.31. The second-order valence-electron chi connectivity index (χ2n) is 5.34. The lowest BCUT2D eigenvalue weighted by atomic mass is 10.1. The Balaban J connectivity index is 3.13. The first kappa shape index (κ1) is 18.5. The van der Waals surface area contributed by atoms with Crippen LogP contribution >= 0.6 is 0 Å². The van der Waals surface area contributed by atoms with Gasteiger partial charge in [-0.3, -0.25) is 9.10 Å². The van der Waals surface area contributed by atoms with Gasteiger partial charge in [0.25, 0.3) is 0 Å². The zero-order chi connectivity index (χ0) is 16.8. The maximum Gasteiger partial charge on any atom is 0.244 e. The van der Waals surface area contributed by atoms with Gasteiger partial charge in [-0.2, -0.15) is 0 Å². The largest absolute Gasteiger partial charge is 0.352 e. The smallest absolute Gasteiger partial charge is 0.244 e. The van der Waals surface area contributed by atoms with E-state index in [1.54, 1.807) is 24.3 Å². The van der Waals surface area contributed by atoms with Gasteiger partial charge in [0.05, 0.1) is 11.9 Å². The number of hydrogen-bond acceptors (Lipinski definition) is 3. The van der Waals surface area contributed by atoms with Crippen molar-refractivity contribution in [2.45, 2.75) is 52.1 Å². The van der Waals surface area contributed by atoms with E-state index in [1.807, 2.05) is 26.8 Å². The molecule has 124 valence electrons. The quantitative estimate of drug-likeness (QED) is 0.798. The molecule has 0 aliphatic carbocycles. The van der Waals surface area contributed by atoms with Crippen LogP contribution < -0.4 is 9.62 Å². The van der Waals surface area contributed by atoms with Crippen molar-refractivity contribution in [3.05, 3.63) is 30.3 Å². The molecular formula is C16H26N2O3S. The van der Waals surface area contributed by atoms with E-state index in [0.717, 1.165) is 19.1 Å². The molecule has 1 rings (SSSR count). The van der Waals surface area contributed by atoms with Gasteiger partial charge in [-0.1, -0.05) is 39.0 Å². The van der Waals surface area contributed by atoms with Crippen molar-refractivity contribution in [2.75, 3.05) is 10.6 Å². The van der Waals surface area contributed by atoms with Crippen LogP contribution in [0.4, 0.5) is 5.69 Å². The summed E-state index contributed by atoms with van der Waals surface area (Å²) < 4.78 is 25.6. The van der Waals surface area contributed by atoms with Crippen molar-refractivity contribution in [1.82, 2.24) is 5.32 Å². The minimum absolute atomic E-state index is 0.0683. The van der Waals surface area contributed by atoms with E-state index >= 15 is 0 Å². The first-order valence-electron chi connectivity index (χ1n) is 7.69. The zero-order valence-corrected chi connectivity index (χ0v) is 14.6. The van der Waals surface area contributed by atoms with E-state index in [1.165, 1.54) is 4.31 Å². The standard InChI is InChI=1S/C16H26N2O3S/c1-5-13(6-2)17-16(19)15(7-3)18(22(4,20)21)14-11-9-8-10-12-14/h8-13,15H,5-7H2,1-4H3,(H,17,19). The lowest BCUT2D eigenvalue weighted by molar-refractivity contribution is -0.123. The number of anilines is 1. The Kier molecular flexibility index (Phi) is 6.87. The number of nitrogens with zero attached hydrogens (tertiary/aromatic N) is 1. The molecule has 1 atom stereocenters. The molecule has 0 aromatic heterocycles. The fraction of sp³-hybridized carbons (Fsp3) is 0.562. The lowest BCUT2D eigenvalue weighted by Gasteiger charge is -2.31. The molecule has 6 heteroatoms. The Morgan fingerprint density at radius 1 is 1.09 bits per heavy atom. The van der Waals surface area contributed by atoms with Gasteiger partial charge in [-0.15, -0.1) is 0 Å². The van der Waals surface area contributed by atoms with Gasteiger partial charge in [-0.05, 0) is 31.4 Å². The predicted molar refractivity (Wildman–Crippen MR) is 90.4 cm³/mol. The Morgan fingerprint density at radius 3 is 2.05 bits per heavy atom. The van der Waals surface area contributed by atoms with Crippen LogP contribution in [-0.2, 0) is 14.8 Å². The molecule has 1 aromatic carbocycles. The number of para-hydroxylation sites is 1. The highest BCUT2D eigenvalue weighted by Crippen LogP contribution is 2.22. The lowest BCUT2D eigenvalue weighted by Crippen LogP contribution is -2.51. The topological polar surface area (TPSA) is 66.5 Å². The summed E-state index contributed by atoms with van der Waals surface area (Å²) in [5.41, 5.74) is 0.511. The Labute approximate surface area is 133 Å². The van der Waals surface area contributed by atoms with E-state index in [9.17, 15) is 13.2 Å². The summed E-state index contributed by atoms with van der Waals surface area (Å²) in [5.74, 6) is -0.245. The van der Waals surface area contributed by atoms with Crippen molar-refractivity contribution >= 4 is 21.6 Å². The van der Waals surface area contributed by atoms with Gasteiger partial charge in [-0.25, -0.2) is 8.42 Å². The van der Waals surface area contributed by atoms with E-state index in [0.29, 0.717) is 12.1 Å². The number of carbonyl (C=O) groups is 1. The Hall–Kier alpha value is -1.56. The molecule has 0 aliphatic heterocycles. The second-order valence-corrected chi connectivity index (χ2v) is 7.20. The molecule has 22 heavy (non-hydrogen) atoms. The third kappa shape index (κ3) is 4.73. The number of amides is 1. The van der Waals surface area contributed by atoms with Crippen LogP contribution in [0.1, 0.15) is 40.0 Å². The van der Waals surface area contributed by atoms with Crippen molar-refractivity contribution in [3.63, 3.8) is 0 Å². The van der Waals surface area contributed by atoms with Gasteiger partial charge in [0.1, 0.15) is 6.04 Å². The fourth-order valence-corrected chi connectivity index (χ4v) is 3.64. The number of rotatable bonds is 8. The number of hydrogen-bond donors (Lipinski definition) is 1. The number of nitrogens with one attached hydrogen (secondary N) is 1. The first-order chi connectivity index (χ1) is 10.3. The molecule has 1 N–H and O–H groups in total. The van der Waals surface area contributed by atoms with Crippen LogP contribution in [0.5, 0.6) is 0 Å². The van der Waals surface area contributed by atoms with Crippen molar-refractivity contribution in [2.24, 2.45) is 0 Å². The van der Waals surface area contributed by atoms with E-state index in [-0.39, 0.29) is 11.9 Å². The van der Waals surface area contributed by atoms with Crippen LogP contribution in [0.15, 0.2) is 30.3 Å². The van der Waals surface area contributed by atoms with Crippen molar-refractivity contribution < 1.29 is 13.2 Å². The SMILES string of the molecule is CCC(CC)NC(=O)C(CC)N(c1ccccc1)S(C)(=O)=O. The summed E-state index contributed by atoms with van der Waals surface area (Å²) in [6.45, 7) is 5.82. The average Bonchev–Trinajstić information content (AvgIpc) is 2.49. The summed E-state index contributed by atoms with van der Waals surface area (Å²) in [6, 6.07) is 8.08. The van der Waals surface area contributed by atoms with Gasteiger partial charge >= 0.3 is 0 Å². The van der Waals surface area contributed by atoms with Gasteiger partial charge < -0.3 is 5.32 Å². The molecule has 0 saturated carbocycles. The van der Waals surface area contributed by atoms with E-state index < -0.39 is 16.1 Å². The normalized spacial score (nSPS) is 13.0. The number of sulfonamides is 1. The zero-order valence-electron chi connectivity index (χ0n) is 13.7. The molecule has 1 aromatic rings. The second kappa shape index (κ2) is 8.17. The summed E-state index contributed by atoms with van der Waals surface area (Å²) in [5, 5.41) is 2.94. The molecule has 5 nitrogen and oxygen atoms in total. The third-order valence-corrected chi connectivity index (χ3v) is 4.85. The molecule has 0 bridgehead atoms. The monoisotopic (exact) mass is 326 g/mol. The van der Waals surface area contributed by atoms with E-state index in [4.69, 9.17) is 0 Å². The third-order valence-electron chi connectivity index (χ3n) is 3.67. The van der Waals surface area contributed by atoms with Crippen LogP contribution in [0.3, 0.4) is 0 Å². The molecule has 0 heterocycles. The van der Waals surface area contributed by atoms with Gasteiger partial charge in [0, 0.05) is 6.04 Å². The summed E-state index contributed by atoms with van der Waals surface area (Å²) in [6.07, 6.45) is 3.19. The molecule has 1 amide bonds. The van der Waals surface area contributed by atoms with Crippen molar-refractivity contribution in [1.29, 1.82) is 0 Å². The highest BCUT2D eigenvalue weighted by atomic mass is 32.2. The van der Waals surface area contributed by atoms with Crippen LogP contribution in [-0.4, -0.2) is 32.7 Å². The molecule has 0 spiro atoms. The number of carbonyl (C=O) groups excluding carboxylic acids is 1. The fourth-order valence-electron chi connectivity index (χ4n) is 2.43. The highest BCUT2D eigenvalue weighted by molar-refractivity contribution is 7.92. The Morgan fingerprint density at radius 2 is 1.64 bits per heavy atom. The summed E-state index contributed by atoms with van der Waals surface area (Å²) in [4.78, 5) is 12.5. The summed E-state index contributed by atoms with van der Waals surface area (Å²) in [7, 11) is -3.55. The molecule has 0 radical (unpaired) electrons. The minimum Gasteiger partial charge on any atom is -0.352 e.